The van der Waals surface area contributed by atoms with Crippen molar-refractivity contribution < 1.29 is 0 Å². The van der Waals surface area contributed by atoms with Gasteiger partial charge in [-0.05, 0) is 42.0 Å². The third-order valence-corrected chi connectivity index (χ3v) is 4.89. The minimum absolute atomic E-state index is 0.713. The van der Waals surface area contributed by atoms with Crippen LogP contribution in [0.2, 0.25) is 0 Å². The van der Waals surface area contributed by atoms with Gasteiger partial charge in [0.25, 0.3) is 0 Å². The van der Waals surface area contributed by atoms with E-state index in [1.807, 2.05) is 11.3 Å². The Morgan fingerprint density at radius 2 is 2.15 bits per heavy atom. The average molecular weight is 286 g/mol. The zero-order valence-corrected chi connectivity index (χ0v) is 12.8. The Bertz CT molecular complexity index is 536. The predicted molar refractivity (Wildman–Crippen MR) is 87.4 cm³/mol. The number of benzene rings is 1. The molecule has 0 spiro atoms. The monoisotopic (exact) mass is 286 g/mol. The molecule has 0 saturated carbocycles. The molecule has 1 aliphatic heterocycles. The van der Waals surface area contributed by atoms with Crippen LogP contribution in [0.5, 0.6) is 0 Å². The lowest BCUT2D eigenvalue weighted by Crippen LogP contribution is -2.35. The molecule has 0 bridgehead atoms. The van der Waals surface area contributed by atoms with Gasteiger partial charge >= 0.3 is 0 Å². The number of fused-ring (bicyclic) bond motifs is 1. The lowest BCUT2D eigenvalue weighted by Gasteiger charge is -2.30. The molecule has 2 nitrogen and oxygen atoms in total. The van der Waals surface area contributed by atoms with Crippen LogP contribution in [0.4, 0.5) is 5.69 Å². The Morgan fingerprint density at radius 1 is 1.25 bits per heavy atom. The zero-order chi connectivity index (χ0) is 13.8. The second-order valence-corrected chi connectivity index (χ2v) is 6.55. The van der Waals surface area contributed by atoms with E-state index in [1.54, 1.807) is 0 Å². The van der Waals surface area contributed by atoms with E-state index in [-0.39, 0.29) is 0 Å². The number of anilines is 1. The van der Waals surface area contributed by atoms with Gasteiger partial charge in [0.15, 0.2) is 0 Å². The molecule has 0 radical (unpaired) electrons. The molecule has 2 aromatic rings. The maximum atomic E-state index is 3.58. The summed E-state index contributed by atoms with van der Waals surface area (Å²) >= 11 is 1.86. The third-order valence-electron chi connectivity index (χ3n) is 4.03. The zero-order valence-electron chi connectivity index (χ0n) is 12.0. The minimum atomic E-state index is 0.713. The summed E-state index contributed by atoms with van der Waals surface area (Å²) in [5, 5.41) is 5.75. The Morgan fingerprint density at radius 3 is 2.95 bits per heavy atom. The molecule has 106 valence electrons. The van der Waals surface area contributed by atoms with Crippen LogP contribution in [-0.4, -0.2) is 24.5 Å². The van der Waals surface area contributed by atoms with Gasteiger partial charge in [-0.3, -0.25) is 4.90 Å². The summed E-state index contributed by atoms with van der Waals surface area (Å²) in [5.41, 5.74) is 2.79. The second-order valence-electron chi connectivity index (χ2n) is 5.52. The molecule has 0 aliphatic carbocycles. The first-order valence-corrected chi connectivity index (χ1v) is 8.29. The molecular formula is C17H22N2S. The second kappa shape index (κ2) is 6.42. The van der Waals surface area contributed by atoms with Crippen molar-refractivity contribution in [1.29, 1.82) is 0 Å². The summed E-state index contributed by atoms with van der Waals surface area (Å²) < 4.78 is 0. The largest absolute Gasteiger partial charge is 0.384 e. The van der Waals surface area contributed by atoms with Gasteiger partial charge < -0.3 is 5.32 Å². The SMILES string of the molecule is CCN(Cc1cccs1)CC1CNc2ccccc2C1. The quantitative estimate of drug-likeness (QED) is 0.898. The van der Waals surface area contributed by atoms with Crippen molar-refractivity contribution in [3.8, 4) is 0 Å². The van der Waals surface area contributed by atoms with Crippen LogP contribution in [0.1, 0.15) is 17.4 Å². The number of thiophene rings is 1. The number of rotatable bonds is 5. The van der Waals surface area contributed by atoms with Crippen molar-refractivity contribution in [2.45, 2.75) is 19.9 Å². The maximum Gasteiger partial charge on any atom is 0.0372 e. The van der Waals surface area contributed by atoms with Gasteiger partial charge in [-0.25, -0.2) is 0 Å². The van der Waals surface area contributed by atoms with Crippen LogP contribution in [0.25, 0.3) is 0 Å². The Balaban J connectivity index is 1.60. The number of para-hydroxylation sites is 1. The van der Waals surface area contributed by atoms with Crippen LogP contribution < -0.4 is 5.32 Å². The Hall–Kier alpha value is -1.32. The number of nitrogens with one attached hydrogen (secondary N) is 1. The Labute approximate surface area is 125 Å². The first-order chi connectivity index (χ1) is 9.85. The summed E-state index contributed by atoms with van der Waals surface area (Å²) in [6.07, 6.45) is 1.20. The van der Waals surface area contributed by atoms with Gasteiger partial charge in [0.2, 0.25) is 0 Å². The fourth-order valence-electron chi connectivity index (χ4n) is 2.93. The van der Waals surface area contributed by atoms with Gasteiger partial charge in [-0.2, -0.15) is 0 Å². The fraction of sp³-hybridized carbons (Fsp3) is 0.412. The molecule has 1 aromatic heterocycles. The van der Waals surface area contributed by atoms with E-state index >= 15 is 0 Å². The summed E-state index contributed by atoms with van der Waals surface area (Å²) in [6, 6.07) is 13.1. The van der Waals surface area contributed by atoms with Crippen LogP contribution in [-0.2, 0) is 13.0 Å². The predicted octanol–water partition coefficient (Wildman–Crippen LogP) is 3.85. The molecule has 0 amide bonds. The third kappa shape index (κ3) is 3.22. The summed E-state index contributed by atoms with van der Waals surface area (Å²) in [4.78, 5) is 4.03. The van der Waals surface area contributed by atoms with Crippen molar-refractivity contribution in [1.82, 2.24) is 4.90 Å². The van der Waals surface area contributed by atoms with Crippen LogP contribution in [0, 0.1) is 5.92 Å². The van der Waals surface area contributed by atoms with Gasteiger partial charge in [-0.1, -0.05) is 31.2 Å². The van der Waals surface area contributed by atoms with E-state index in [9.17, 15) is 0 Å². The first-order valence-electron chi connectivity index (χ1n) is 7.41. The van der Waals surface area contributed by atoms with E-state index in [0.717, 1.165) is 19.6 Å². The summed E-state index contributed by atoms with van der Waals surface area (Å²) in [5.74, 6) is 0.713. The standard InChI is InChI=1S/C17H22N2S/c1-2-19(13-16-7-5-9-20-16)12-14-10-15-6-3-4-8-17(15)18-11-14/h3-9,14,18H,2,10-13H2,1H3. The van der Waals surface area contributed by atoms with Crippen LogP contribution >= 0.6 is 11.3 Å². The molecule has 20 heavy (non-hydrogen) atoms. The highest BCUT2D eigenvalue weighted by Crippen LogP contribution is 2.25. The number of hydrogen-bond acceptors (Lipinski definition) is 3. The van der Waals surface area contributed by atoms with E-state index in [1.165, 1.54) is 29.1 Å². The lowest BCUT2D eigenvalue weighted by molar-refractivity contribution is 0.237. The van der Waals surface area contributed by atoms with E-state index in [2.05, 4.69) is 58.9 Å². The van der Waals surface area contributed by atoms with Crippen molar-refractivity contribution in [2.75, 3.05) is 25.0 Å². The van der Waals surface area contributed by atoms with Crippen molar-refractivity contribution >= 4 is 17.0 Å². The van der Waals surface area contributed by atoms with Crippen LogP contribution in [0.15, 0.2) is 41.8 Å². The molecule has 1 unspecified atom stereocenters. The minimum Gasteiger partial charge on any atom is -0.384 e. The van der Waals surface area contributed by atoms with Gasteiger partial charge in [0, 0.05) is 30.2 Å². The average Bonchev–Trinajstić information content (AvgIpc) is 2.99. The maximum absolute atomic E-state index is 3.58. The molecule has 0 fully saturated rings. The van der Waals surface area contributed by atoms with E-state index < -0.39 is 0 Å². The fourth-order valence-corrected chi connectivity index (χ4v) is 3.68. The summed E-state index contributed by atoms with van der Waals surface area (Å²) in [7, 11) is 0. The molecule has 1 N–H and O–H groups in total. The van der Waals surface area contributed by atoms with Crippen LogP contribution in [0.3, 0.4) is 0 Å². The highest BCUT2D eigenvalue weighted by molar-refractivity contribution is 7.09. The van der Waals surface area contributed by atoms with E-state index in [4.69, 9.17) is 0 Å². The smallest absolute Gasteiger partial charge is 0.0372 e. The first kappa shape index (κ1) is 13.7. The number of hydrogen-bond donors (Lipinski definition) is 1. The number of nitrogens with zero attached hydrogens (tertiary/aromatic N) is 1. The van der Waals surface area contributed by atoms with Gasteiger partial charge in [-0.15, -0.1) is 11.3 Å². The van der Waals surface area contributed by atoms with E-state index in [0.29, 0.717) is 5.92 Å². The van der Waals surface area contributed by atoms with Crippen molar-refractivity contribution in [2.24, 2.45) is 5.92 Å². The lowest BCUT2D eigenvalue weighted by atomic mass is 9.93. The van der Waals surface area contributed by atoms with Crippen molar-refractivity contribution in [3.63, 3.8) is 0 Å². The van der Waals surface area contributed by atoms with Gasteiger partial charge in [0.05, 0.1) is 0 Å². The molecule has 2 heterocycles. The molecular weight excluding hydrogens is 264 g/mol. The molecule has 3 heteroatoms. The molecule has 1 aliphatic rings. The normalized spacial score (nSPS) is 17.8. The van der Waals surface area contributed by atoms with Gasteiger partial charge in [0.1, 0.15) is 0 Å². The molecule has 1 aromatic carbocycles. The molecule has 1 atom stereocenters. The summed E-state index contributed by atoms with van der Waals surface area (Å²) in [6.45, 7) is 6.74. The highest BCUT2D eigenvalue weighted by Gasteiger charge is 2.20. The molecule has 0 saturated heterocycles. The molecule has 3 rings (SSSR count). The Kier molecular flexibility index (Phi) is 4.38. The topological polar surface area (TPSA) is 15.3 Å². The highest BCUT2D eigenvalue weighted by atomic mass is 32.1. The van der Waals surface area contributed by atoms with Crippen molar-refractivity contribution in [3.05, 3.63) is 52.2 Å².